The molecule has 1 aromatic heterocycles. The Bertz CT molecular complexity index is 1280. The van der Waals surface area contributed by atoms with Crippen LogP contribution in [0.15, 0.2) is 24.3 Å². The molecule has 1 aliphatic rings. The number of rotatable bonds is 9. The standard InChI is InChI=1S/C29H42N6O6S2/c1-18(36)30-24-32-21(22(43-24)23(37)33-14-16-42-17-15-33)13-10-19-8-11-20(12-9-19)31-25(34(26(38)39)28(2,3)4)35(27(40)41)29(5,6)7/h8-9,11-12,25,31H,10,13-17H2,1-7H3,(H,38,39)(H,40,41)(H,30,32,36). The smallest absolute Gasteiger partial charge is 0.410 e. The molecule has 4 amide bonds. The van der Waals surface area contributed by atoms with Gasteiger partial charge in [-0.2, -0.15) is 11.8 Å². The van der Waals surface area contributed by atoms with E-state index in [0.717, 1.165) is 26.9 Å². The van der Waals surface area contributed by atoms with Crippen LogP contribution in [-0.2, 0) is 17.6 Å². The Morgan fingerprint density at radius 3 is 1.93 bits per heavy atom. The largest absolute Gasteiger partial charge is 0.465 e. The zero-order valence-electron chi connectivity index (χ0n) is 25.8. The number of thioether (sulfide) groups is 1. The third kappa shape index (κ3) is 8.99. The normalized spacial score (nSPS) is 13.9. The van der Waals surface area contributed by atoms with Gasteiger partial charge in [-0.25, -0.2) is 14.6 Å². The number of carbonyl (C=O) groups is 4. The van der Waals surface area contributed by atoms with E-state index in [1.54, 1.807) is 53.7 Å². The molecule has 2 aromatic rings. The van der Waals surface area contributed by atoms with Crippen molar-refractivity contribution >= 4 is 57.9 Å². The number of benzene rings is 1. The fraction of sp³-hybridized carbons (Fsp3) is 0.552. The number of hydrogen-bond donors (Lipinski definition) is 4. The van der Waals surface area contributed by atoms with Crippen LogP contribution in [-0.4, -0.2) is 95.9 Å². The average Bonchev–Trinajstić information content (AvgIpc) is 3.28. The molecule has 1 saturated heterocycles. The van der Waals surface area contributed by atoms with E-state index < -0.39 is 29.6 Å². The van der Waals surface area contributed by atoms with Crippen LogP contribution in [0.5, 0.6) is 0 Å². The van der Waals surface area contributed by atoms with Crippen molar-refractivity contribution in [2.24, 2.45) is 0 Å². The van der Waals surface area contributed by atoms with Crippen LogP contribution < -0.4 is 10.6 Å². The van der Waals surface area contributed by atoms with Gasteiger partial charge >= 0.3 is 12.2 Å². The van der Waals surface area contributed by atoms with E-state index in [2.05, 4.69) is 15.6 Å². The molecule has 1 fully saturated rings. The second-order valence-corrected chi connectivity index (χ2v) is 14.5. The molecular weight excluding hydrogens is 592 g/mol. The maximum atomic E-state index is 13.3. The van der Waals surface area contributed by atoms with E-state index in [-0.39, 0.29) is 11.8 Å². The van der Waals surface area contributed by atoms with E-state index >= 15 is 0 Å². The topological polar surface area (TPSA) is 155 Å². The molecule has 12 nitrogen and oxygen atoms in total. The number of aromatic nitrogens is 1. The minimum Gasteiger partial charge on any atom is -0.465 e. The molecule has 0 radical (unpaired) electrons. The first-order valence-electron chi connectivity index (χ1n) is 14.0. The van der Waals surface area contributed by atoms with Gasteiger partial charge in [0.2, 0.25) is 5.91 Å². The number of amides is 4. The zero-order chi connectivity index (χ0) is 32.1. The fourth-order valence-electron chi connectivity index (χ4n) is 4.74. The van der Waals surface area contributed by atoms with Crippen molar-refractivity contribution in [3.05, 3.63) is 40.4 Å². The van der Waals surface area contributed by atoms with Gasteiger partial charge in [-0.1, -0.05) is 23.5 Å². The van der Waals surface area contributed by atoms with E-state index in [9.17, 15) is 29.4 Å². The number of carbonyl (C=O) groups excluding carboxylic acids is 2. The van der Waals surface area contributed by atoms with E-state index in [0.29, 0.717) is 47.3 Å². The maximum absolute atomic E-state index is 13.3. The Morgan fingerprint density at radius 1 is 0.930 bits per heavy atom. The molecule has 0 aliphatic carbocycles. The maximum Gasteiger partial charge on any atom is 0.410 e. The molecule has 0 unspecified atom stereocenters. The summed E-state index contributed by atoms with van der Waals surface area (Å²) >= 11 is 3.01. The van der Waals surface area contributed by atoms with Gasteiger partial charge in [0.25, 0.3) is 5.91 Å². The molecular formula is C29H42N6O6S2. The van der Waals surface area contributed by atoms with Crippen LogP contribution in [0.3, 0.4) is 0 Å². The molecule has 236 valence electrons. The summed E-state index contributed by atoms with van der Waals surface area (Å²) in [5.41, 5.74) is 0.298. The molecule has 0 saturated carbocycles. The van der Waals surface area contributed by atoms with Crippen molar-refractivity contribution in [3.63, 3.8) is 0 Å². The first-order chi connectivity index (χ1) is 20.0. The lowest BCUT2D eigenvalue weighted by molar-refractivity contribution is -0.114. The molecule has 0 bridgehead atoms. The number of hydrogen-bond acceptors (Lipinski definition) is 8. The van der Waals surface area contributed by atoms with Gasteiger partial charge in [-0.15, -0.1) is 0 Å². The van der Waals surface area contributed by atoms with Gasteiger partial charge < -0.3 is 25.7 Å². The van der Waals surface area contributed by atoms with Crippen molar-refractivity contribution in [3.8, 4) is 0 Å². The summed E-state index contributed by atoms with van der Waals surface area (Å²) in [6.45, 7) is 13.0. The highest BCUT2D eigenvalue weighted by Gasteiger charge is 2.43. The lowest BCUT2D eigenvalue weighted by Crippen LogP contribution is -2.66. The average molecular weight is 635 g/mol. The number of carboxylic acid groups (broad SMARTS) is 2. The molecule has 0 atom stereocenters. The molecule has 1 aromatic carbocycles. The van der Waals surface area contributed by atoms with E-state index in [4.69, 9.17) is 0 Å². The number of thiazole rings is 1. The van der Waals surface area contributed by atoms with Crippen molar-refractivity contribution < 1.29 is 29.4 Å². The minimum atomic E-state index is -1.26. The summed E-state index contributed by atoms with van der Waals surface area (Å²) in [4.78, 5) is 58.7. The minimum absolute atomic E-state index is 0.0707. The second-order valence-electron chi connectivity index (χ2n) is 12.2. The van der Waals surface area contributed by atoms with Crippen LogP contribution in [0.25, 0.3) is 0 Å². The Labute approximate surface area is 260 Å². The highest BCUT2D eigenvalue weighted by Crippen LogP contribution is 2.29. The van der Waals surface area contributed by atoms with Gasteiger partial charge in [0.1, 0.15) is 4.88 Å². The van der Waals surface area contributed by atoms with Crippen molar-refractivity contribution in [1.82, 2.24) is 19.7 Å². The first-order valence-corrected chi connectivity index (χ1v) is 16.0. The molecule has 2 heterocycles. The number of anilines is 2. The highest BCUT2D eigenvalue weighted by molar-refractivity contribution is 7.99. The van der Waals surface area contributed by atoms with Crippen molar-refractivity contribution in [2.45, 2.75) is 78.7 Å². The summed E-state index contributed by atoms with van der Waals surface area (Å²) in [6, 6.07) is 7.28. The summed E-state index contributed by atoms with van der Waals surface area (Å²) < 4.78 is 0. The summed E-state index contributed by atoms with van der Waals surface area (Å²) in [5, 5.41) is 26.4. The summed E-state index contributed by atoms with van der Waals surface area (Å²) in [5.74, 6) is 1.45. The summed E-state index contributed by atoms with van der Waals surface area (Å²) in [7, 11) is 0. The zero-order valence-corrected chi connectivity index (χ0v) is 27.4. The molecule has 0 spiro atoms. The molecule has 4 N–H and O–H groups in total. The van der Waals surface area contributed by atoms with Gasteiger partial charge in [-0.05, 0) is 72.1 Å². The Kier molecular flexibility index (Phi) is 10.9. The third-order valence-electron chi connectivity index (χ3n) is 6.72. The predicted molar refractivity (Wildman–Crippen MR) is 170 cm³/mol. The monoisotopic (exact) mass is 634 g/mol. The van der Waals surface area contributed by atoms with E-state index in [1.807, 2.05) is 28.8 Å². The third-order valence-corrected chi connectivity index (χ3v) is 8.66. The first kappa shape index (κ1) is 34.0. The number of nitrogens with zero attached hydrogens (tertiary/aromatic N) is 4. The molecule has 43 heavy (non-hydrogen) atoms. The highest BCUT2D eigenvalue weighted by atomic mass is 32.2. The van der Waals surface area contributed by atoms with Crippen LogP contribution >= 0.6 is 23.1 Å². The number of aryl methyl sites for hydroxylation is 2. The molecule has 14 heteroatoms. The van der Waals surface area contributed by atoms with Gasteiger partial charge in [-0.3, -0.25) is 19.4 Å². The SMILES string of the molecule is CC(=O)Nc1nc(CCc2ccc(NC(N(C(=O)O)C(C)(C)C)N(C(=O)O)C(C)(C)C)cc2)c(C(=O)N2CCSCC2)s1. The molecule has 1 aliphatic heterocycles. The van der Waals surface area contributed by atoms with E-state index in [1.165, 1.54) is 18.3 Å². The molecule has 3 rings (SSSR count). The van der Waals surface area contributed by atoms with Crippen LogP contribution in [0.2, 0.25) is 0 Å². The van der Waals surface area contributed by atoms with Crippen molar-refractivity contribution in [1.29, 1.82) is 0 Å². The van der Waals surface area contributed by atoms with Crippen LogP contribution in [0.4, 0.5) is 20.4 Å². The number of nitrogens with one attached hydrogen (secondary N) is 2. The van der Waals surface area contributed by atoms with Crippen LogP contribution in [0, 0.1) is 0 Å². The lowest BCUT2D eigenvalue weighted by atomic mass is 10.0. The predicted octanol–water partition coefficient (Wildman–Crippen LogP) is 5.33. The Hall–Kier alpha value is -3.52. The van der Waals surface area contributed by atoms with Gasteiger partial charge in [0.05, 0.1) is 5.69 Å². The van der Waals surface area contributed by atoms with Gasteiger partial charge in [0.15, 0.2) is 11.4 Å². The fourth-order valence-corrected chi connectivity index (χ4v) is 6.67. The summed E-state index contributed by atoms with van der Waals surface area (Å²) in [6.07, 6.45) is -2.68. The second kappa shape index (κ2) is 13.8. The lowest BCUT2D eigenvalue weighted by Gasteiger charge is -2.48. The Balaban J connectivity index is 1.83. The Morgan fingerprint density at radius 2 is 1.47 bits per heavy atom. The quantitative estimate of drug-likeness (QED) is 0.268. The van der Waals surface area contributed by atoms with Crippen molar-refractivity contribution in [2.75, 3.05) is 35.2 Å². The van der Waals surface area contributed by atoms with Gasteiger partial charge in [0, 0.05) is 48.3 Å². The van der Waals surface area contributed by atoms with Crippen LogP contribution in [0.1, 0.15) is 69.4 Å².